The average molecular weight is 1490 g/mol. The summed E-state index contributed by atoms with van der Waals surface area (Å²) < 4.78 is 0. The fourth-order valence-electron chi connectivity index (χ4n) is 13.1. The number of aryl methyl sites for hydroxylation is 18. The van der Waals surface area contributed by atoms with E-state index in [4.69, 9.17) is 0 Å². The van der Waals surface area contributed by atoms with Gasteiger partial charge >= 0.3 is 0 Å². The summed E-state index contributed by atoms with van der Waals surface area (Å²) >= 11 is 0. The van der Waals surface area contributed by atoms with Crippen LogP contribution < -0.4 is 0 Å². The normalized spacial score (nSPS) is 14.2. The number of hydrogen-bond donors (Lipinski definition) is 0. The molecule has 1 aliphatic carbocycles. The predicted octanol–water partition coefficient (Wildman–Crippen LogP) is 31.9. The molecule has 0 aromatic heterocycles. The molecule has 6 unspecified atom stereocenters. The van der Waals surface area contributed by atoms with Crippen molar-refractivity contribution in [2.75, 3.05) is 0 Å². The summed E-state index contributed by atoms with van der Waals surface area (Å²) in [7, 11) is 0. The van der Waals surface area contributed by atoms with Crippen LogP contribution in [0.1, 0.15) is 269 Å². The Labute approximate surface area is 681 Å². The lowest BCUT2D eigenvalue weighted by molar-refractivity contribution is 0.103. The third-order valence-corrected chi connectivity index (χ3v) is 25.1. The monoisotopic (exact) mass is 1490 g/mol. The van der Waals surface area contributed by atoms with Gasteiger partial charge in [0.15, 0.2) is 11.6 Å². The van der Waals surface area contributed by atoms with Crippen molar-refractivity contribution in [3.63, 3.8) is 0 Å². The van der Waals surface area contributed by atoms with Crippen LogP contribution in [0.5, 0.6) is 0 Å². The van der Waals surface area contributed by atoms with Crippen molar-refractivity contribution in [2.45, 2.75) is 269 Å². The van der Waals surface area contributed by atoms with Gasteiger partial charge in [0.2, 0.25) is 0 Å². The smallest absolute Gasteiger partial charge is 0.193 e. The molecule has 0 saturated heterocycles. The molecule has 0 radical (unpaired) electrons. The quantitative estimate of drug-likeness (QED) is 0.107. The fraction of sp³-hybridized carbons (Fsp3) is 0.413. The number of allylic oxidation sites excluding steroid dienone is 2. The summed E-state index contributed by atoms with van der Waals surface area (Å²) in [6.07, 6.45) is 4.10. The molecule has 10 aromatic rings. The SMILES string of the molecule is CC(C)=C(C)C.CC1CC(C)C(C)C1C.CCC(C)C(C)CC.Cc1cc(C)c(C)cc1C.Cc1ccc(-c2ccc(C)c(C)c2)cc1C.Cc1ccc(C(=O)c2ccc(C)c(C)c2)cc1C.Cc1ccc(C)c(C)c1C.Cc1cccc(-c2cccc(C)c2C)c1C.Cc1cccc(C(=O)c2cccc(C)c2C)c1C.[HH]. The van der Waals surface area contributed by atoms with E-state index in [9.17, 15) is 9.59 Å². The zero-order valence-electron chi connectivity index (χ0n) is 76.6. The van der Waals surface area contributed by atoms with Crippen LogP contribution in [-0.2, 0) is 0 Å². The van der Waals surface area contributed by atoms with Crippen molar-refractivity contribution < 1.29 is 11.0 Å². The number of rotatable bonds is 9. The molecule has 0 heterocycles. The van der Waals surface area contributed by atoms with Crippen LogP contribution in [0, 0.1) is 202 Å². The summed E-state index contributed by atoms with van der Waals surface area (Å²) in [4.78, 5) is 25.0. The van der Waals surface area contributed by atoms with Crippen LogP contribution in [0.2, 0.25) is 0 Å². The highest BCUT2D eigenvalue weighted by molar-refractivity contribution is 6.11. The summed E-state index contributed by atoms with van der Waals surface area (Å²) in [6.45, 7) is 78.1. The number of carbonyl (C=O) groups excluding carboxylic acids is 2. The lowest BCUT2D eigenvalue weighted by Gasteiger charge is -2.14. The van der Waals surface area contributed by atoms with Crippen LogP contribution in [-0.4, -0.2) is 11.6 Å². The molecule has 2 heteroatoms. The largest absolute Gasteiger partial charge is 0.289 e. The summed E-state index contributed by atoms with van der Waals surface area (Å²) in [5, 5.41) is 0. The number of carbonyl (C=O) groups is 2. The van der Waals surface area contributed by atoms with E-state index in [1.165, 1.54) is 153 Å². The molecule has 1 fully saturated rings. The van der Waals surface area contributed by atoms with Gasteiger partial charge in [0.25, 0.3) is 0 Å². The van der Waals surface area contributed by atoms with Gasteiger partial charge in [-0.05, 0) is 404 Å². The first-order valence-electron chi connectivity index (χ1n) is 41.2. The second-order valence-corrected chi connectivity index (χ2v) is 33.5. The van der Waals surface area contributed by atoms with Gasteiger partial charge < -0.3 is 0 Å². The molecular weight excluding hydrogens is 1340 g/mol. The lowest BCUT2D eigenvalue weighted by atomic mass is 9.92. The van der Waals surface area contributed by atoms with E-state index < -0.39 is 0 Å². The molecule has 0 amide bonds. The van der Waals surface area contributed by atoms with Crippen molar-refractivity contribution in [1.29, 1.82) is 0 Å². The second kappa shape index (κ2) is 46.3. The van der Waals surface area contributed by atoms with Gasteiger partial charge in [0.1, 0.15) is 0 Å². The zero-order valence-corrected chi connectivity index (χ0v) is 76.6. The number of benzene rings is 10. The highest BCUT2D eigenvalue weighted by Gasteiger charge is 2.32. The molecule has 1 aliphatic rings. The van der Waals surface area contributed by atoms with E-state index in [0.717, 1.165) is 91.1 Å². The Morgan fingerprint density at radius 2 is 0.541 bits per heavy atom. The predicted molar refractivity (Wildman–Crippen MR) is 495 cm³/mol. The van der Waals surface area contributed by atoms with Gasteiger partial charge in [-0.2, -0.15) is 0 Å². The molecule has 0 N–H and O–H groups in total. The minimum Gasteiger partial charge on any atom is -0.289 e. The maximum Gasteiger partial charge on any atom is 0.193 e. The Morgan fingerprint density at radius 1 is 0.288 bits per heavy atom. The first kappa shape index (κ1) is 96.5. The van der Waals surface area contributed by atoms with Crippen molar-refractivity contribution >= 4 is 11.6 Å². The van der Waals surface area contributed by atoms with Crippen molar-refractivity contribution in [1.82, 2.24) is 0 Å². The Kier molecular flexibility index (Phi) is 40.3. The Balaban J connectivity index is 0.000000436. The molecular formula is C109H150O2. The van der Waals surface area contributed by atoms with E-state index >= 15 is 0 Å². The molecule has 111 heavy (non-hydrogen) atoms. The van der Waals surface area contributed by atoms with Gasteiger partial charge in [-0.25, -0.2) is 0 Å². The molecule has 6 atom stereocenters. The topological polar surface area (TPSA) is 34.1 Å². The van der Waals surface area contributed by atoms with E-state index in [1.807, 2.05) is 114 Å². The van der Waals surface area contributed by atoms with Gasteiger partial charge in [-0.1, -0.05) is 237 Å². The third-order valence-electron chi connectivity index (χ3n) is 25.1. The van der Waals surface area contributed by atoms with Crippen LogP contribution in [0.25, 0.3) is 22.3 Å². The van der Waals surface area contributed by atoms with Crippen molar-refractivity contribution in [3.05, 3.63) is 337 Å². The number of ketones is 2. The highest BCUT2D eigenvalue weighted by atomic mass is 16.1. The van der Waals surface area contributed by atoms with E-state index in [0.29, 0.717) is 0 Å². The average Bonchev–Trinajstić information content (AvgIpc) is 1.04. The minimum absolute atomic E-state index is 0. The number of hydrogen-bond acceptors (Lipinski definition) is 2. The molecule has 0 aliphatic heterocycles. The molecule has 1 saturated carbocycles. The van der Waals surface area contributed by atoms with Crippen molar-refractivity contribution in [2.24, 2.45) is 35.5 Å². The van der Waals surface area contributed by atoms with Crippen LogP contribution in [0.3, 0.4) is 0 Å². The second-order valence-electron chi connectivity index (χ2n) is 33.5. The van der Waals surface area contributed by atoms with Gasteiger partial charge in [-0.15, -0.1) is 0 Å². The Bertz CT molecular complexity index is 4390. The summed E-state index contributed by atoms with van der Waals surface area (Å²) in [5.74, 6) is 5.91. The highest BCUT2D eigenvalue weighted by Crippen LogP contribution is 2.40. The maximum atomic E-state index is 12.6. The molecule has 2 nitrogen and oxygen atoms in total. The van der Waals surface area contributed by atoms with Gasteiger partial charge in [0, 0.05) is 23.7 Å². The standard InChI is InChI=1S/2C17H18O.2C16H18.2C10H14.C9H18.C8H18.C6H12.H2/c1-11-5-7-15(9-13(11)3)17(18)16-8-6-12(2)14(4)10-16;1-11-7-5-9-15(13(11)3)17(18)16-10-6-8-12(2)14(16)4;1-11-5-7-15(9-13(11)3)16-8-6-12(2)14(4)10-16;1-11-7-5-9-15(13(11)3)16-10-6-8-12(2)14(16)4;1-7-5-9(3)10(4)6-8(7)2;1-7-5-6-8(2)10(4)9(7)3;1-6-5-7(2)9(4)8(6)3;1-5-7(3)8(4)6-2;1-5(2)6(3)4;/h2*5-10H,1-4H3;2*5-10H,1-4H3;2*5-6H,1-4H3;6-9H,5H2,1-4H3;7-8H,5-6H2,1-4H3;1-4H3;1H. The van der Waals surface area contributed by atoms with Crippen LogP contribution in [0.4, 0.5) is 0 Å². The third kappa shape index (κ3) is 29.4. The van der Waals surface area contributed by atoms with Gasteiger partial charge in [0.05, 0.1) is 0 Å². The molecule has 0 spiro atoms. The van der Waals surface area contributed by atoms with E-state index in [-0.39, 0.29) is 13.0 Å². The molecule has 0 bridgehead atoms. The molecule has 10 aromatic carbocycles. The summed E-state index contributed by atoms with van der Waals surface area (Å²) in [6, 6.07) is 58.7. The zero-order chi connectivity index (χ0) is 84.2. The minimum atomic E-state index is 0. The van der Waals surface area contributed by atoms with Crippen LogP contribution >= 0.6 is 0 Å². The molecule has 598 valence electrons. The van der Waals surface area contributed by atoms with Gasteiger partial charge in [-0.3, -0.25) is 9.59 Å². The maximum absolute atomic E-state index is 12.6. The van der Waals surface area contributed by atoms with Crippen molar-refractivity contribution in [3.8, 4) is 22.3 Å². The summed E-state index contributed by atoms with van der Waals surface area (Å²) in [5.41, 5.74) is 42.7. The Morgan fingerprint density at radius 3 is 0.802 bits per heavy atom. The van der Waals surface area contributed by atoms with E-state index in [2.05, 4.69) is 305 Å². The first-order valence-corrected chi connectivity index (χ1v) is 41.2. The van der Waals surface area contributed by atoms with Crippen LogP contribution in [0.15, 0.2) is 181 Å². The molecule has 11 rings (SSSR count). The van der Waals surface area contributed by atoms with E-state index in [1.54, 1.807) is 0 Å². The Hall–Kier alpha value is -8.72. The first-order chi connectivity index (χ1) is 51.9. The fourth-order valence-corrected chi connectivity index (χ4v) is 13.1. The lowest BCUT2D eigenvalue weighted by Crippen LogP contribution is -2.07.